The molecule has 0 amide bonds. The van der Waals surface area contributed by atoms with Gasteiger partial charge in [-0.25, -0.2) is 4.98 Å². The first-order valence-corrected chi connectivity index (χ1v) is 8.41. The highest BCUT2D eigenvalue weighted by atomic mass is 16.5. The third-order valence-corrected chi connectivity index (χ3v) is 3.83. The maximum Gasteiger partial charge on any atom is 0.127 e. The van der Waals surface area contributed by atoms with E-state index in [0.29, 0.717) is 0 Å². The molecule has 0 unspecified atom stereocenters. The molecule has 0 fully saturated rings. The van der Waals surface area contributed by atoms with Gasteiger partial charge in [0.1, 0.15) is 11.5 Å². The number of benzene rings is 2. The van der Waals surface area contributed by atoms with Crippen molar-refractivity contribution in [1.82, 2.24) is 14.9 Å². The van der Waals surface area contributed by atoms with Crippen LogP contribution in [0.4, 0.5) is 0 Å². The summed E-state index contributed by atoms with van der Waals surface area (Å²) in [6.07, 6.45) is 7.91. The third-order valence-electron chi connectivity index (χ3n) is 3.83. The van der Waals surface area contributed by atoms with Gasteiger partial charge < -0.3 is 14.6 Å². The standard InChI is InChI=1S/C20H23N3O/c1-2-3-12-21-15-17-4-8-19(9-5-17)24-20-10-6-18(7-11-20)23-14-13-22-16-23/h4-11,13-14,16,21H,2-3,12,15H2,1H3. The van der Waals surface area contributed by atoms with E-state index in [9.17, 15) is 0 Å². The van der Waals surface area contributed by atoms with E-state index in [1.165, 1.54) is 18.4 Å². The molecule has 0 saturated carbocycles. The van der Waals surface area contributed by atoms with Gasteiger partial charge in [-0.3, -0.25) is 0 Å². The topological polar surface area (TPSA) is 39.1 Å². The zero-order valence-corrected chi connectivity index (χ0v) is 14.0. The fourth-order valence-electron chi connectivity index (χ4n) is 2.44. The first-order valence-electron chi connectivity index (χ1n) is 8.41. The number of ether oxygens (including phenoxy) is 1. The molecule has 4 heteroatoms. The van der Waals surface area contributed by atoms with Gasteiger partial charge in [-0.1, -0.05) is 25.5 Å². The molecule has 1 heterocycles. The Hall–Kier alpha value is -2.59. The Labute approximate surface area is 143 Å². The average molecular weight is 321 g/mol. The molecular weight excluding hydrogens is 298 g/mol. The lowest BCUT2D eigenvalue weighted by Crippen LogP contribution is -2.14. The average Bonchev–Trinajstić information content (AvgIpc) is 3.15. The number of aromatic nitrogens is 2. The highest BCUT2D eigenvalue weighted by Gasteiger charge is 2.00. The molecular formula is C20H23N3O. The van der Waals surface area contributed by atoms with Crippen LogP contribution < -0.4 is 10.1 Å². The number of rotatable bonds is 8. The molecule has 24 heavy (non-hydrogen) atoms. The number of hydrogen-bond acceptors (Lipinski definition) is 3. The summed E-state index contributed by atoms with van der Waals surface area (Å²) in [7, 11) is 0. The minimum absolute atomic E-state index is 0.827. The maximum absolute atomic E-state index is 5.90. The summed E-state index contributed by atoms with van der Waals surface area (Å²) >= 11 is 0. The highest BCUT2D eigenvalue weighted by Crippen LogP contribution is 2.23. The Morgan fingerprint density at radius 2 is 1.71 bits per heavy atom. The zero-order valence-electron chi connectivity index (χ0n) is 14.0. The van der Waals surface area contributed by atoms with Crippen molar-refractivity contribution in [2.45, 2.75) is 26.3 Å². The van der Waals surface area contributed by atoms with E-state index < -0.39 is 0 Å². The van der Waals surface area contributed by atoms with E-state index in [2.05, 4.69) is 29.4 Å². The van der Waals surface area contributed by atoms with E-state index in [1.54, 1.807) is 12.5 Å². The van der Waals surface area contributed by atoms with Gasteiger partial charge >= 0.3 is 0 Å². The minimum atomic E-state index is 0.827. The van der Waals surface area contributed by atoms with Crippen molar-refractivity contribution in [3.05, 3.63) is 72.8 Å². The first-order chi connectivity index (χ1) is 11.8. The van der Waals surface area contributed by atoms with Gasteiger partial charge in [0.25, 0.3) is 0 Å². The fourth-order valence-corrected chi connectivity index (χ4v) is 2.44. The monoisotopic (exact) mass is 321 g/mol. The van der Waals surface area contributed by atoms with Gasteiger partial charge in [0.2, 0.25) is 0 Å². The smallest absolute Gasteiger partial charge is 0.127 e. The summed E-state index contributed by atoms with van der Waals surface area (Å²) in [5, 5.41) is 3.44. The van der Waals surface area contributed by atoms with Crippen molar-refractivity contribution < 1.29 is 4.74 Å². The van der Waals surface area contributed by atoms with Crippen LogP contribution in [0.15, 0.2) is 67.3 Å². The predicted molar refractivity (Wildman–Crippen MR) is 96.7 cm³/mol. The number of nitrogens with one attached hydrogen (secondary N) is 1. The fraction of sp³-hybridized carbons (Fsp3) is 0.250. The van der Waals surface area contributed by atoms with Crippen molar-refractivity contribution in [1.29, 1.82) is 0 Å². The maximum atomic E-state index is 5.90. The molecule has 0 atom stereocenters. The van der Waals surface area contributed by atoms with Gasteiger partial charge in [-0.15, -0.1) is 0 Å². The van der Waals surface area contributed by atoms with Crippen LogP contribution in [-0.4, -0.2) is 16.1 Å². The lowest BCUT2D eigenvalue weighted by Gasteiger charge is -2.09. The lowest BCUT2D eigenvalue weighted by atomic mass is 10.2. The zero-order chi connectivity index (χ0) is 16.6. The summed E-state index contributed by atoms with van der Waals surface area (Å²) in [5.41, 5.74) is 2.34. The molecule has 0 radical (unpaired) electrons. The summed E-state index contributed by atoms with van der Waals surface area (Å²) < 4.78 is 7.87. The van der Waals surface area contributed by atoms with Crippen molar-refractivity contribution >= 4 is 0 Å². The highest BCUT2D eigenvalue weighted by molar-refractivity contribution is 5.39. The van der Waals surface area contributed by atoms with E-state index >= 15 is 0 Å². The summed E-state index contributed by atoms with van der Waals surface area (Å²) in [6, 6.07) is 16.2. The second-order valence-electron chi connectivity index (χ2n) is 5.74. The van der Waals surface area contributed by atoms with Crippen LogP contribution in [0, 0.1) is 0 Å². The van der Waals surface area contributed by atoms with Gasteiger partial charge in [0.15, 0.2) is 0 Å². The molecule has 3 aromatic rings. The molecule has 0 aliphatic heterocycles. The van der Waals surface area contributed by atoms with Crippen molar-refractivity contribution in [2.24, 2.45) is 0 Å². The molecule has 0 aliphatic rings. The Bertz CT molecular complexity index is 719. The Kier molecular flexibility index (Phi) is 5.64. The number of imidazole rings is 1. The van der Waals surface area contributed by atoms with E-state index in [-0.39, 0.29) is 0 Å². The Morgan fingerprint density at radius 3 is 2.33 bits per heavy atom. The lowest BCUT2D eigenvalue weighted by molar-refractivity contribution is 0.482. The Morgan fingerprint density at radius 1 is 1.00 bits per heavy atom. The summed E-state index contributed by atoms with van der Waals surface area (Å²) in [4.78, 5) is 4.05. The predicted octanol–water partition coefficient (Wildman–Crippen LogP) is 4.55. The van der Waals surface area contributed by atoms with Crippen LogP contribution in [0.5, 0.6) is 11.5 Å². The van der Waals surface area contributed by atoms with Gasteiger partial charge in [0.05, 0.1) is 6.33 Å². The van der Waals surface area contributed by atoms with Gasteiger partial charge in [-0.05, 0) is 54.9 Å². The van der Waals surface area contributed by atoms with Crippen molar-refractivity contribution in [3.63, 3.8) is 0 Å². The third kappa shape index (κ3) is 4.46. The van der Waals surface area contributed by atoms with Gasteiger partial charge in [0, 0.05) is 24.6 Å². The van der Waals surface area contributed by atoms with E-state index in [0.717, 1.165) is 30.3 Å². The van der Waals surface area contributed by atoms with Gasteiger partial charge in [-0.2, -0.15) is 0 Å². The quantitative estimate of drug-likeness (QED) is 0.618. The molecule has 3 rings (SSSR count). The second-order valence-corrected chi connectivity index (χ2v) is 5.74. The Balaban J connectivity index is 1.56. The van der Waals surface area contributed by atoms with Crippen LogP contribution in [0.3, 0.4) is 0 Å². The van der Waals surface area contributed by atoms with Crippen LogP contribution in [0.1, 0.15) is 25.3 Å². The van der Waals surface area contributed by atoms with Crippen LogP contribution in [0.25, 0.3) is 5.69 Å². The molecule has 4 nitrogen and oxygen atoms in total. The number of hydrogen-bond donors (Lipinski definition) is 1. The molecule has 1 N–H and O–H groups in total. The first kappa shape index (κ1) is 16.3. The van der Waals surface area contributed by atoms with Crippen LogP contribution >= 0.6 is 0 Å². The molecule has 2 aromatic carbocycles. The molecule has 124 valence electrons. The molecule has 1 aromatic heterocycles. The second kappa shape index (κ2) is 8.31. The summed E-state index contributed by atoms with van der Waals surface area (Å²) in [5.74, 6) is 1.68. The number of nitrogens with zero attached hydrogens (tertiary/aromatic N) is 2. The molecule has 0 bridgehead atoms. The normalized spacial score (nSPS) is 10.7. The minimum Gasteiger partial charge on any atom is -0.457 e. The van der Waals surface area contributed by atoms with Crippen LogP contribution in [-0.2, 0) is 6.54 Å². The molecule has 0 spiro atoms. The van der Waals surface area contributed by atoms with Crippen molar-refractivity contribution in [2.75, 3.05) is 6.54 Å². The van der Waals surface area contributed by atoms with E-state index in [1.807, 2.05) is 47.2 Å². The summed E-state index contributed by atoms with van der Waals surface area (Å²) in [6.45, 7) is 4.17. The number of unbranched alkanes of at least 4 members (excludes halogenated alkanes) is 1. The van der Waals surface area contributed by atoms with Crippen LogP contribution in [0.2, 0.25) is 0 Å². The SMILES string of the molecule is CCCCNCc1ccc(Oc2ccc(-n3ccnc3)cc2)cc1. The van der Waals surface area contributed by atoms with E-state index in [4.69, 9.17) is 4.74 Å². The van der Waals surface area contributed by atoms with Crippen molar-refractivity contribution in [3.8, 4) is 17.2 Å². The largest absolute Gasteiger partial charge is 0.457 e. The molecule has 0 aliphatic carbocycles. The molecule has 0 saturated heterocycles.